The summed E-state index contributed by atoms with van der Waals surface area (Å²) in [4.78, 5) is 21.5. The standard InChI is InChI=1S/C28H30F2N6O/c1-16-12-24(34-28(31)33-16)25-20(15-36(35-25)27(29)30)13-23-17(2)21(10-11-22(23)19-8-9-19)26(37)32-14-18-6-4-3-5-7-18/h3-7,10-12,15,17,19,23,27H,8-9,13-14H2,1-2H3,(H,32,37)(H2,31,33,34). The second kappa shape index (κ2) is 10.2. The number of nitrogens with two attached hydrogens (primary N) is 1. The van der Waals surface area contributed by atoms with E-state index in [-0.39, 0.29) is 23.7 Å². The van der Waals surface area contributed by atoms with Crippen molar-refractivity contribution in [2.24, 2.45) is 17.8 Å². The monoisotopic (exact) mass is 504 g/mol. The predicted octanol–water partition coefficient (Wildman–Crippen LogP) is 5.01. The van der Waals surface area contributed by atoms with Crippen LogP contribution in [0.5, 0.6) is 0 Å². The second-order valence-corrected chi connectivity index (χ2v) is 9.84. The first-order valence-corrected chi connectivity index (χ1v) is 12.5. The summed E-state index contributed by atoms with van der Waals surface area (Å²) in [6.07, 6.45) is 8.03. The molecule has 0 bridgehead atoms. The van der Waals surface area contributed by atoms with E-state index in [4.69, 9.17) is 5.73 Å². The number of aromatic nitrogens is 4. The number of hydrogen-bond acceptors (Lipinski definition) is 5. The minimum Gasteiger partial charge on any atom is -0.368 e. The summed E-state index contributed by atoms with van der Waals surface area (Å²) in [5.41, 5.74) is 10.9. The molecule has 5 rings (SSSR count). The maximum Gasteiger partial charge on any atom is 0.333 e. The predicted molar refractivity (Wildman–Crippen MR) is 137 cm³/mol. The molecule has 2 unspecified atom stereocenters. The van der Waals surface area contributed by atoms with Crippen LogP contribution in [0.25, 0.3) is 11.4 Å². The van der Waals surface area contributed by atoms with Crippen molar-refractivity contribution in [1.29, 1.82) is 0 Å². The first kappa shape index (κ1) is 24.8. The van der Waals surface area contributed by atoms with Gasteiger partial charge < -0.3 is 11.1 Å². The van der Waals surface area contributed by atoms with Gasteiger partial charge in [0, 0.05) is 29.6 Å². The van der Waals surface area contributed by atoms with Crippen molar-refractivity contribution in [1.82, 2.24) is 25.1 Å². The SMILES string of the molecule is Cc1cc(-c2nn(C(F)F)cc2CC2C(C3CC3)=CC=C(C(=O)NCc3ccccc3)C2C)nc(N)n1. The molecule has 0 spiro atoms. The van der Waals surface area contributed by atoms with E-state index in [9.17, 15) is 13.6 Å². The summed E-state index contributed by atoms with van der Waals surface area (Å²) < 4.78 is 28.0. The molecular formula is C28H30F2N6O. The Morgan fingerprint density at radius 1 is 1.19 bits per heavy atom. The van der Waals surface area contributed by atoms with Crippen molar-refractivity contribution in [2.45, 2.75) is 46.2 Å². The molecule has 9 heteroatoms. The summed E-state index contributed by atoms with van der Waals surface area (Å²) >= 11 is 0. The molecule has 192 valence electrons. The van der Waals surface area contributed by atoms with Gasteiger partial charge in [0.2, 0.25) is 11.9 Å². The molecular weight excluding hydrogens is 474 g/mol. The number of benzene rings is 1. The largest absolute Gasteiger partial charge is 0.368 e. The lowest BCUT2D eigenvalue weighted by atomic mass is 9.73. The van der Waals surface area contributed by atoms with Gasteiger partial charge >= 0.3 is 6.55 Å². The van der Waals surface area contributed by atoms with Gasteiger partial charge in [-0.3, -0.25) is 4.79 Å². The fourth-order valence-electron chi connectivity index (χ4n) is 5.12. The van der Waals surface area contributed by atoms with Gasteiger partial charge in [0.15, 0.2) is 0 Å². The third-order valence-corrected chi connectivity index (χ3v) is 7.15. The number of rotatable bonds is 8. The number of halogens is 2. The fourth-order valence-corrected chi connectivity index (χ4v) is 5.12. The average molecular weight is 505 g/mol. The lowest BCUT2D eigenvalue weighted by Gasteiger charge is -2.31. The zero-order valence-electron chi connectivity index (χ0n) is 20.9. The maximum atomic E-state index is 13.7. The number of nitrogens with zero attached hydrogens (tertiary/aromatic N) is 4. The topological polar surface area (TPSA) is 98.7 Å². The van der Waals surface area contributed by atoms with Gasteiger partial charge in [-0.2, -0.15) is 13.9 Å². The summed E-state index contributed by atoms with van der Waals surface area (Å²) in [5.74, 6) is 0.288. The zero-order valence-corrected chi connectivity index (χ0v) is 20.9. The second-order valence-electron chi connectivity index (χ2n) is 9.84. The van der Waals surface area contributed by atoms with Gasteiger partial charge in [-0.1, -0.05) is 55.0 Å². The normalized spacial score (nSPS) is 19.5. The zero-order chi connectivity index (χ0) is 26.1. The molecule has 3 N–H and O–H groups in total. The van der Waals surface area contributed by atoms with Crippen LogP contribution in [0, 0.1) is 24.7 Å². The van der Waals surface area contributed by atoms with Crippen molar-refractivity contribution >= 4 is 11.9 Å². The Bertz CT molecular complexity index is 1340. The molecule has 2 aromatic heterocycles. The number of alkyl halides is 2. The van der Waals surface area contributed by atoms with E-state index in [0.717, 1.165) is 18.4 Å². The highest BCUT2D eigenvalue weighted by Crippen LogP contribution is 2.47. The number of nitrogen functional groups attached to an aromatic ring is 1. The molecule has 2 atom stereocenters. The number of allylic oxidation sites excluding steroid dienone is 3. The summed E-state index contributed by atoms with van der Waals surface area (Å²) in [6.45, 7) is 1.47. The van der Waals surface area contributed by atoms with Crippen molar-refractivity contribution in [3.63, 3.8) is 0 Å². The van der Waals surface area contributed by atoms with Crippen LogP contribution in [0.1, 0.15) is 43.1 Å². The number of nitrogens with one attached hydrogen (secondary N) is 1. The van der Waals surface area contributed by atoms with E-state index in [0.29, 0.717) is 51.8 Å². The molecule has 37 heavy (non-hydrogen) atoms. The lowest BCUT2D eigenvalue weighted by molar-refractivity contribution is -0.118. The van der Waals surface area contributed by atoms with Gasteiger partial charge in [0.1, 0.15) is 5.69 Å². The van der Waals surface area contributed by atoms with E-state index >= 15 is 0 Å². The number of carbonyl (C=O) groups excluding carboxylic acids is 1. The number of anilines is 1. The Balaban J connectivity index is 1.43. The van der Waals surface area contributed by atoms with Gasteiger partial charge in [0.05, 0.1) is 5.69 Å². The third kappa shape index (κ3) is 5.45. The van der Waals surface area contributed by atoms with Crippen molar-refractivity contribution in [3.05, 3.63) is 82.7 Å². The van der Waals surface area contributed by atoms with Gasteiger partial charge in [-0.25, -0.2) is 14.6 Å². The average Bonchev–Trinajstić information content (AvgIpc) is 3.62. The van der Waals surface area contributed by atoms with E-state index in [1.807, 2.05) is 43.3 Å². The minimum atomic E-state index is -2.78. The molecule has 0 aliphatic heterocycles. The van der Waals surface area contributed by atoms with E-state index in [1.165, 1.54) is 11.8 Å². The highest BCUT2D eigenvalue weighted by atomic mass is 19.3. The van der Waals surface area contributed by atoms with Crippen molar-refractivity contribution < 1.29 is 13.6 Å². The van der Waals surface area contributed by atoms with Gasteiger partial charge in [-0.05, 0) is 55.6 Å². The highest BCUT2D eigenvalue weighted by molar-refractivity contribution is 5.94. The van der Waals surface area contributed by atoms with Crippen LogP contribution in [0.4, 0.5) is 14.7 Å². The molecule has 1 amide bonds. The summed E-state index contributed by atoms with van der Waals surface area (Å²) in [5, 5.41) is 7.19. The molecule has 2 aliphatic rings. The fraction of sp³-hybridized carbons (Fsp3) is 0.357. The van der Waals surface area contributed by atoms with Gasteiger partial charge in [0.25, 0.3) is 0 Å². The third-order valence-electron chi connectivity index (χ3n) is 7.15. The Labute approximate surface area is 214 Å². The molecule has 1 aromatic carbocycles. The van der Waals surface area contributed by atoms with Crippen molar-refractivity contribution in [2.75, 3.05) is 5.73 Å². The van der Waals surface area contributed by atoms with Crippen LogP contribution in [-0.4, -0.2) is 25.7 Å². The van der Waals surface area contributed by atoms with Gasteiger partial charge in [-0.15, -0.1) is 0 Å². The van der Waals surface area contributed by atoms with Crippen LogP contribution in [0.15, 0.2) is 65.9 Å². The molecule has 1 fully saturated rings. The minimum absolute atomic E-state index is 0.0238. The number of aryl methyl sites for hydroxylation is 1. The molecule has 0 saturated heterocycles. The Kier molecular flexibility index (Phi) is 6.86. The number of carbonyl (C=O) groups is 1. The number of hydrogen-bond donors (Lipinski definition) is 2. The van der Waals surface area contributed by atoms with Crippen LogP contribution < -0.4 is 11.1 Å². The van der Waals surface area contributed by atoms with Crippen LogP contribution >= 0.6 is 0 Å². The Hall–Kier alpha value is -3.88. The smallest absolute Gasteiger partial charge is 0.333 e. The van der Waals surface area contributed by atoms with Crippen LogP contribution in [0.3, 0.4) is 0 Å². The van der Waals surface area contributed by atoms with E-state index in [1.54, 1.807) is 13.0 Å². The van der Waals surface area contributed by atoms with E-state index < -0.39 is 6.55 Å². The van der Waals surface area contributed by atoms with Crippen molar-refractivity contribution in [3.8, 4) is 11.4 Å². The molecule has 3 aromatic rings. The maximum absolute atomic E-state index is 13.7. The molecule has 1 saturated carbocycles. The van der Waals surface area contributed by atoms with E-state index in [2.05, 4.69) is 26.5 Å². The molecule has 2 aliphatic carbocycles. The molecule has 7 nitrogen and oxygen atoms in total. The summed E-state index contributed by atoms with van der Waals surface area (Å²) in [7, 11) is 0. The quantitative estimate of drug-likeness (QED) is 0.449. The molecule has 0 radical (unpaired) electrons. The van der Waals surface area contributed by atoms with Crippen LogP contribution in [0.2, 0.25) is 0 Å². The molecule has 2 heterocycles. The number of amides is 1. The first-order chi connectivity index (χ1) is 17.8. The van der Waals surface area contributed by atoms with Crippen LogP contribution in [-0.2, 0) is 17.8 Å². The Morgan fingerprint density at radius 2 is 1.95 bits per heavy atom. The summed E-state index contributed by atoms with van der Waals surface area (Å²) in [6, 6.07) is 11.5. The lowest BCUT2D eigenvalue weighted by Crippen LogP contribution is -2.32. The highest BCUT2D eigenvalue weighted by Gasteiger charge is 2.38. The first-order valence-electron chi connectivity index (χ1n) is 12.5. The Morgan fingerprint density at radius 3 is 2.62 bits per heavy atom.